The van der Waals surface area contributed by atoms with E-state index in [0.717, 1.165) is 0 Å². The first kappa shape index (κ1) is 29.1. The SMILES string of the molecule is c1ccc(-c2ccccc2-c2ccc3c(c2)sc2ccccc23)cc1.c1ccc2c(c1)sc1cc3c4ccccc4c4ccccc4c3cc12. The normalized spacial score (nSPS) is 11.6. The van der Waals surface area contributed by atoms with Gasteiger partial charge in [0, 0.05) is 40.3 Å². The molecule has 0 aliphatic carbocycles. The van der Waals surface area contributed by atoms with Crippen molar-refractivity contribution in [3.8, 4) is 22.3 Å². The van der Waals surface area contributed by atoms with Crippen LogP contribution in [0.25, 0.3) is 94.9 Å². The van der Waals surface area contributed by atoms with Gasteiger partial charge in [-0.25, -0.2) is 0 Å². The van der Waals surface area contributed by atoms with Crippen LogP contribution in [0.3, 0.4) is 0 Å². The van der Waals surface area contributed by atoms with Crippen LogP contribution in [-0.4, -0.2) is 0 Å². The van der Waals surface area contributed by atoms with Crippen molar-refractivity contribution in [3.05, 3.63) is 182 Å². The maximum Gasteiger partial charge on any atom is 0.0362 e. The standard InChI is InChI=1S/C24H14S.C24H16S/c1-3-9-17-15(7-1)16-8-2-4-10-18(16)21-14-24-22(13-20(17)21)19-11-5-6-12-23(19)25-24;1-2-8-17(9-3-1)19-10-4-5-11-20(19)18-14-15-22-21-12-6-7-13-23(21)25-24(22)16-18/h1-14H;1-16H. The highest BCUT2D eigenvalue weighted by atomic mass is 32.1. The van der Waals surface area contributed by atoms with Crippen LogP contribution in [0.15, 0.2) is 182 Å². The van der Waals surface area contributed by atoms with Gasteiger partial charge in [0.25, 0.3) is 0 Å². The minimum absolute atomic E-state index is 1.26. The van der Waals surface area contributed by atoms with Crippen molar-refractivity contribution in [1.29, 1.82) is 0 Å². The van der Waals surface area contributed by atoms with Crippen LogP contribution in [0.2, 0.25) is 0 Å². The molecule has 0 atom stereocenters. The number of rotatable bonds is 2. The third kappa shape index (κ3) is 4.80. The Morgan fingerprint density at radius 3 is 1.26 bits per heavy atom. The summed E-state index contributed by atoms with van der Waals surface area (Å²) >= 11 is 3.76. The summed E-state index contributed by atoms with van der Waals surface area (Å²) in [6, 6.07) is 65.9. The van der Waals surface area contributed by atoms with Gasteiger partial charge in [-0.2, -0.15) is 0 Å². The fourth-order valence-electron chi connectivity index (χ4n) is 7.62. The maximum absolute atomic E-state index is 2.40. The molecule has 0 spiro atoms. The van der Waals surface area contributed by atoms with E-state index in [1.165, 1.54) is 94.9 Å². The van der Waals surface area contributed by atoms with E-state index in [1.807, 2.05) is 22.7 Å². The molecule has 50 heavy (non-hydrogen) atoms. The molecule has 2 aromatic heterocycles. The second kappa shape index (κ2) is 12.0. The summed E-state index contributed by atoms with van der Waals surface area (Å²) in [6.07, 6.45) is 0. The first-order valence-electron chi connectivity index (χ1n) is 17.0. The zero-order chi connectivity index (χ0) is 33.0. The third-order valence-electron chi connectivity index (χ3n) is 9.94. The second-order valence-corrected chi connectivity index (χ2v) is 15.0. The van der Waals surface area contributed by atoms with E-state index in [2.05, 4.69) is 182 Å². The van der Waals surface area contributed by atoms with Crippen molar-refractivity contribution in [3.63, 3.8) is 0 Å². The Bertz CT molecular complexity index is 3040. The van der Waals surface area contributed by atoms with Gasteiger partial charge in [-0.3, -0.25) is 0 Å². The summed E-state index contributed by atoms with van der Waals surface area (Å²) in [5.74, 6) is 0. The molecule has 0 amide bonds. The zero-order valence-electron chi connectivity index (χ0n) is 27.1. The van der Waals surface area contributed by atoms with Crippen LogP contribution in [0.5, 0.6) is 0 Å². The Morgan fingerprint density at radius 2 is 0.640 bits per heavy atom. The quantitative estimate of drug-likeness (QED) is 0.161. The minimum atomic E-state index is 1.26. The molecule has 0 saturated carbocycles. The monoisotopic (exact) mass is 670 g/mol. The molecule has 0 aliphatic rings. The fourth-order valence-corrected chi connectivity index (χ4v) is 9.89. The number of fused-ring (bicyclic) bond motifs is 12. The zero-order valence-corrected chi connectivity index (χ0v) is 28.8. The van der Waals surface area contributed by atoms with Gasteiger partial charge in [-0.1, -0.05) is 152 Å². The van der Waals surface area contributed by atoms with E-state index in [-0.39, 0.29) is 0 Å². The fraction of sp³-hybridized carbons (Fsp3) is 0. The molecular weight excluding hydrogens is 641 g/mol. The van der Waals surface area contributed by atoms with E-state index in [1.54, 1.807) is 0 Å². The molecule has 0 aliphatic heterocycles. The average molecular weight is 671 g/mol. The second-order valence-electron chi connectivity index (χ2n) is 12.8. The molecule has 2 heteroatoms. The molecule has 0 fully saturated rings. The van der Waals surface area contributed by atoms with Gasteiger partial charge in [0.1, 0.15) is 0 Å². The molecule has 234 valence electrons. The highest BCUT2D eigenvalue weighted by Crippen LogP contribution is 2.42. The molecule has 0 saturated heterocycles. The lowest BCUT2D eigenvalue weighted by Crippen LogP contribution is -1.84. The molecule has 0 bridgehead atoms. The molecule has 0 N–H and O–H groups in total. The lowest BCUT2D eigenvalue weighted by molar-refractivity contribution is 1.60. The van der Waals surface area contributed by atoms with Crippen LogP contribution < -0.4 is 0 Å². The number of hydrogen-bond donors (Lipinski definition) is 0. The molecule has 11 rings (SSSR count). The summed E-state index contributed by atoms with van der Waals surface area (Å²) in [6.45, 7) is 0. The van der Waals surface area contributed by atoms with Crippen LogP contribution >= 0.6 is 22.7 Å². The maximum atomic E-state index is 2.40. The summed E-state index contributed by atoms with van der Waals surface area (Å²) in [5, 5.41) is 13.5. The van der Waals surface area contributed by atoms with Gasteiger partial charge >= 0.3 is 0 Å². The molecular formula is C48H30S2. The van der Waals surface area contributed by atoms with Crippen LogP contribution in [0.4, 0.5) is 0 Å². The van der Waals surface area contributed by atoms with Gasteiger partial charge in [0.05, 0.1) is 0 Å². The first-order chi connectivity index (χ1) is 24.8. The minimum Gasteiger partial charge on any atom is -0.135 e. The Balaban J connectivity index is 0.000000127. The topological polar surface area (TPSA) is 0 Å². The molecule has 9 aromatic carbocycles. The lowest BCUT2D eigenvalue weighted by Gasteiger charge is -2.10. The van der Waals surface area contributed by atoms with Crippen molar-refractivity contribution in [2.24, 2.45) is 0 Å². The van der Waals surface area contributed by atoms with Crippen molar-refractivity contribution < 1.29 is 0 Å². The van der Waals surface area contributed by atoms with Crippen molar-refractivity contribution >= 4 is 95.3 Å². The van der Waals surface area contributed by atoms with E-state index in [0.29, 0.717) is 0 Å². The van der Waals surface area contributed by atoms with E-state index in [4.69, 9.17) is 0 Å². The van der Waals surface area contributed by atoms with Gasteiger partial charge in [0.15, 0.2) is 0 Å². The molecule has 11 aromatic rings. The van der Waals surface area contributed by atoms with E-state index >= 15 is 0 Å². The van der Waals surface area contributed by atoms with Crippen molar-refractivity contribution in [2.75, 3.05) is 0 Å². The largest absolute Gasteiger partial charge is 0.135 e. The smallest absolute Gasteiger partial charge is 0.0362 e. The predicted molar refractivity (Wildman–Crippen MR) is 222 cm³/mol. The summed E-state index contributed by atoms with van der Waals surface area (Å²) in [4.78, 5) is 0. The molecule has 0 unspecified atom stereocenters. The average Bonchev–Trinajstić information content (AvgIpc) is 3.75. The summed E-state index contributed by atoms with van der Waals surface area (Å²) < 4.78 is 5.43. The highest BCUT2D eigenvalue weighted by molar-refractivity contribution is 7.26. The number of thiophene rings is 2. The van der Waals surface area contributed by atoms with Gasteiger partial charge in [-0.05, 0) is 84.9 Å². The number of benzene rings is 9. The van der Waals surface area contributed by atoms with Crippen molar-refractivity contribution in [1.82, 2.24) is 0 Å². The highest BCUT2D eigenvalue weighted by Gasteiger charge is 2.13. The van der Waals surface area contributed by atoms with Crippen molar-refractivity contribution in [2.45, 2.75) is 0 Å². The van der Waals surface area contributed by atoms with Gasteiger partial charge < -0.3 is 0 Å². The molecule has 2 heterocycles. The number of hydrogen-bond acceptors (Lipinski definition) is 2. The Hall–Kier alpha value is -5.80. The molecule has 0 nitrogen and oxygen atoms in total. The predicted octanol–water partition coefficient (Wildman–Crippen LogP) is 14.9. The lowest BCUT2D eigenvalue weighted by atomic mass is 9.93. The first-order valence-corrected chi connectivity index (χ1v) is 18.6. The Labute approximate surface area is 298 Å². The Morgan fingerprint density at radius 1 is 0.220 bits per heavy atom. The Kier molecular flexibility index (Phi) is 6.97. The van der Waals surface area contributed by atoms with Gasteiger partial charge in [-0.15, -0.1) is 22.7 Å². The van der Waals surface area contributed by atoms with Gasteiger partial charge in [0.2, 0.25) is 0 Å². The summed E-state index contributed by atoms with van der Waals surface area (Å²) in [7, 11) is 0. The summed E-state index contributed by atoms with van der Waals surface area (Å²) in [5.41, 5.74) is 5.10. The van der Waals surface area contributed by atoms with Crippen LogP contribution in [0.1, 0.15) is 0 Å². The molecule has 0 radical (unpaired) electrons. The third-order valence-corrected chi connectivity index (χ3v) is 12.2. The van der Waals surface area contributed by atoms with Crippen LogP contribution in [0, 0.1) is 0 Å². The van der Waals surface area contributed by atoms with E-state index in [9.17, 15) is 0 Å². The van der Waals surface area contributed by atoms with Crippen LogP contribution in [-0.2, 0) is 0 Å². The van der Waals surface area contributed by atoms with E-state index < -0.39 is 0 Å².